The number of aromatic amines is 1. The van der Waals surface area contributed by atoms with Crippen LogP contribution in [0.1, 0.15) is 5.56 Å². The van der Waals surface area contributed by atoms with E-state index in [0.717, 1.165) is 27.9 Å². The quantitative estimate of drug-likeness (QED) is 0.436. The largest absolute Gasteiger partial charge is 0.354 e. The van der Waals surface area contributed by atoms with Crippen molar-refractivity contribution in [2.24, 2.45) is 0 Å². The summed E-state index contributed by atoms with van der Waals surface area (Å²) in [5, 5.41) is 0.462. The van der Waals surface area contributed by atoms with Crippen molar-refractivity contribution in [1.82, 2.24) is 9.97 Å². The van der Waals surface area contributed by atoms with Gasteiger partial charge in [0.2, 0.25) is 0 Å². The van der Waals surface area contributed by atoms with Crippen LogP contribution in [0.4, 0.5) is 4.39 Å². The molecule has 0 radical (unpaired) electrons. The smallest absolute Gasteiger partial charge is 0.257 e. The first-order chi connectivity index (χ1) is 15.6. The highest BCUT2D eigenvalue weighted by Crippen LogP contribution is 2.35. The average molecular weight is 422 g/mol. The van der Waals surface area contributed by atoms with Crippen molar-refractivity contribution in [3.63, 3.8) is 0 Å². The molecule has 3 aromatic carbocycles. The molecule has 0 saturated heterocycles. The summed E-state index contributed by atoms with van der Waals surface area (Å²) >= 11 is 0. The van der Waals surface area contributed by atoms with Gasteiger partial charge in [-0.05, 0) is 29.3 Å². The van der Waals surface area contributed by atoms with E-state index in [0.29, 0.717) is 28.6 Å². The van der Waals surface area contributed by atoms with E-state index >= 15 is 0 Å². The van der Waals surface area contributed by atoms with Crippen LogP contribution in [-0.4, -0.2) is 9.97 Å². The van der Waals surface area contributed by atoms with Crippen LogP contribution in [-0.2, 0) is 6.54 Å². The van der Waals surface area contributed by atoms with Crippen molar-refractivity contribution in [3.05, 3.63) is 113 Å². The fourth-order valence-corrected chi connectivity index (χ4v) is 3.94. The molecule has 4 N–H and O–H groups in total. The van der Waals surface area contributed by atoms with Crippen molar-refractivity contribution in [1.29, 1.82) is 0 Å². The highest BCUT2D eigenvalue weighted by Gasteiger charge is 2.16. The molecule has 0 saturated carbocycles. The number of hydrogen-bond donors (Lipinski definition) is 2. The number of aromatic nitrogens is 2. The van der Waals surface area contributed by atoms with Crippen LogP contribution in [0.15, 0.2) is 95.9 Å². The van der Waals surface area contributed by atoms with Crippen LogP contribution < -0.4 is 11.3 Å². The third kappa shape index (κ3) is 3.59. The van der Waals surface area contributed by atoms with E-state index in [1.807, 2.05) is 66.7 Å². The Bertz CT molecular complexity index is 1480. The topological polar surface area (TPSA) is 73.4 Å². The second-order valence-corrected chi connectivity index (χ2v) is 7.64. The molecule has 4 nitrogen and oxygen atoms in total. The van der Waals surface area contributed by atoms with Gasteiger partial charge in [0, 0.05) is 28.5 Å². The molecule has 0 aliphatic rings. The average Bonchev–Trinajstić information content (AvgIpc) is 2.84. The Morgan fingerprint density at radius 2 is 1.56 bits per heavy atom. The molecular formula is C27H21FN3O+. The molecule has 2 aromatic heterocycles. The number of fused-ring (bicyclic) bond motifs is 1. The molecular weight excluding hydrogens is 401 g/mol. The predicted molar refractivity (Wildman–Crippen MR) is 125 cm³/mol. The minimum atomic E-state index is -0.341. The summed E-state index contributed by atoms with van der Waals surface area (Å²) in [6.07, 6.45) is 1.60. The minimum Gasteiger partial charge on any atom is -0.354 e. The van der Waals surface area contributed by atoms with Gasteiger partial charge in [-0.3, -0.25) is 4.79 Å². The number of rotatable bonds is 4. The summed E-state index contributed by atoms with van der Waals surface area (Å²) in [4.78, 5) is 20.5. The highest BCUT2D eigenvalue weighted by molar-refractivity contribution is 5.98. The maximum Gasteiger partial charge on any atom is 0.257 e. The number of benzene rings is 3. The lowest BCUT2D eigenvalue weighted by Gasteiger charge is -2.14. The second-order valence-electron chi connectivity index (χ2n) is 7.64. The number of nitrogens with one attached hydrogen (secondary N) is 1. The van der Waals surface area contributed by atoms with Gasteiger partial charge in [0.05, 0.1) is 23.1 Å². The Morgan fingerprint density at radius 3 is 2.28 bits per heavy atom. The van der Waals surface area contributed by atoms with E-state index in [9.17, 15) is 9.18 Å². The summed E-state index contributed by atoms with van der Waals surface area (Å²) in [6.45, 7) is 0.704. The SMILES string of the molecule is [NH3+]Cc1ccc(-c2nc3c(-c4cccc(F)c4)c[nH]c(=O)c3cc2-c2ccccc2)cc1. The monoisotopic (exact) mass is 422 g/mol. The van der Waals surface area contributed by atoms with Gasteiger partial charge in [-0.1, -0.05) is 66.7 Å². The lowest BCUT2D eigenvalue weighted by molar-refractivity contribution is -0.386. The summed E-state index contributed by atoms with van der Waals surface area (Å²) in [7, 11) is 0. The molecule has 0 aliphatic heterocycles. The molecule has 2 heterocycles. The van der Waals surface area contributed by atoms with E-state index < -0.39 is 0 Å². The molecule has 0 fully saturated rings. The lowest BCUT2D eigenvalue weighted by atomic mass is 9.95. The van der Waals surface area contributed by atoms with Crippen LogP contribution in [0.3, 0.4) is 0 Å². The summed E-state index contributed by atoms with van der Waals surface area (Å²) in [6, 6.07) is 26.2. The van der Waals surface area contributed by atoms with Gasteiger partial charge in [-0.25, -0.2) is 9.37 Å². The Balaban J connectivity index is 1.84. The molecule has 5 rings (SSSR count). The Hall–Kier alpha value is -4.09. The lowest BCUT2D eigenvalue weighted by Crippen LogP contribution is -2.47. The van der Waals surface area contributed by atoms with Crippen LogP contribution in [0.2, 0.25) is 0 Å². The molecule has 0 spiro atoms. The Morgan fingerprint density at radius 1 is 0.812 bits per heavy atom. The van der Waals surface area contributed by atoms with Crippen molar-refractivity contribution in [2.45, 2.75) is 6.54 Å². The molecule has 0 amide bonds. The third-order valence-corrected chi connectivity index (χ3v) is 5.61. The Kier molecular flexibility index (Phi) is 5.09. The van der Waals surface area contributed by atoms with Gasteiger partial charge >= 0.3 is 0 Å². The number of hydrogen-bond acceptors (Lipinski definition) is 2. The van der Waals surface area contributed by atoms with Crippen molar-refractivity contribution in [3.8, 4) is 33.5 Å². The summed E-state index contributed by atoms with van der Waals surface area (Å²) < 4.78 is 13.9. The number of nitrogens with zero attached hydrogens (tertiary/aromatic N) is 1. The molecule has 0 bridgehead atoms. The molecule has 0 unspecified atom stereocenters. The first-order valence-corrected chi connectivity index (χ1v) is 10.4. The summed E-state index contributed by atoms with van der Waals surface area (Å²) in [5.41, 5.74) is 10.2. The maximum absolute atomic E-state index is 13.9. The minimum absolute atomic E-state index is 0.233. The molecule has 32 heavy (non-hydrogen) atoms. The van der Waals surface area contributed by atoms with Gasteiger partial charge in [0.1, 0.15) is 5.82 Å². The first-order valence-electron chi connectivity index (χ1n) is 10.4. The highest BCUT2D eigenvalue weighted by atomic mass is 19.1. The van der Waals surface area contributed by atoms with Gasteiger partial charge < -0.3 is 10.7 Å². The normalized spacial score (nSPS) is 11.1. The summed E-state index contributed by atoms with van der Waals surface area (Å²) in [5.74, 6) is -0.341. The molecule has 0 atom stereocenters. The van der Waals surface area contributed by atoms with E-state index in [2.05, 4.69) is 10.7 Å². The zero-order valence-corrected chi connectivity index (χ0v) is 17.3. The van der Waals surface area contributed by atoms with Crippen LogP contribution in [0.25, 0.3) is 44.4 Å². The van der Waals surface area contributed by atoms with E-state index in [1.165, 1.54) is 12.1 Å². The van der Waals surface area contributed by atoms with Gasteiger partial charge in [-0.15, -0.1) is 0 Å². The zero-order valence-electron chi connectivity index (χ0n) is 17.3. The fourth-order valence-electron chi connectivity index (χ4n) is 3.94. The first kappa shape index (κ1) is 19.8. The van der Waals surface area contributed by atoms with Crippen molar-refractivity contribution in [2.75, 3.05) is 0 Å². The standard InChI is InChI=1S/C27H20FN3O/c28-21-8-4-7-20(13-21)24-16-30-27(32)23-14-22(18-5-2-1-3-6-18)25(31-26(23)24)19-11-9-17(15-29)10-12-19/h1-14,16H,15,29H2,(H,30,32)/p+1. The molecule has 156 valence electrons. The number of quaternary nitrogens is 1. The van der Waals surface area contributed by atoms with Crippen LogP contribution in [0, 0.1) is 5.82 Å². The number of halogens is 1. The van der Waals surface area contributed by atoms with Crippen LogP contribution in [0.5, 0.6) is 0 Å². The maximum atomic E-state index is 13.9. The Labute approximate surface area is 184 Å². The molecule has 5 heteroatoms. The predicted octanol–water partition coefficient (Wildman–Crippen LogP) is 4.81. The fraction of sp³-hybridized carbons (Fsp3) is 0.0370. The van der Waals surface area contributed by atoms with Crippen LogP contribution >= 0.6 is 0 Å². The van der Waals surface area contributed by atoms with E-state index in [4.69, 9.17) is 4.98 Å². The number of H-pyrrole nitrogens is 1. The number of pyridine rings is 2. The van der Waals surface area contributed by atoms with E-state index in [1.54, 1.807) is 12.3 Å². The van der Waals surface area contributed by atoms with Crippen molar-refractivity contribution < 1.29 is 10.1 Å². The van der Waals surface area contributed by atoms with Gasteiger partial charge in [0.15, 0.2) is 0 Å². The van der Waals surface area contributed by atoms with E-state index in [-0.39, 0.29) is 11.4 Å². The van der Waals surface area contributed by atoms with Crippen molar-refractivity contribution >= 4 is 10.9 Å². The van der Waals surface area contributed by atoms with Gasteiger partial charge in [-0.2, -0.15) is 0 Å². The van der Waals surface area contributed by atoms with Gasteiger partial charge in [0.25, 0.3) is 5.56 Å². The molecule has 0 aliphatic carbocycles. The third-order valence-electron chi connectivity index (χ3n) is 5.61. The zero-order chi connectivity index (χ0) is 22.1. The second kappa shape index (κ2) is 8.21. The molecule has 5 aromatic rings.